The molecule has 258 valence electrons. The van der Waals surface area contributed by atoms with Crippen molar-refractivity contribution in [3.63, 3.8) is 0 Å². The van der Waals surface area contributed by atoms with Crippen LogP contribution in [0.5, 0.6) is 0 Å². The third kappa shape index (κ3) is 5.85. The molecular weight excluding hydrogens is 665 g/mol. The number of hydrogen-bond acceptors (Lipinski definition) is 2. The molecule has 2 heterocycles. The van der Waals surface area contributed by atoms with E-state index in [0.717, 1.165) is 72.8 Å². The fourth-order valence-corrected chi connectivity index (χ4v) is 8.20. The molecule has 0 saturated heterocycles. The number of rotatable bonds is 4. The van der Waals surface area contributed by atoms with Gasteiger partial charge in [0.2, 0.25) is 0 Å². The maximum absolute atomic E-state index is 5.53. The maximum atomic E-state index is 5.53. The quantitative estimate of drug-likeness (QED) is 0.171. The zero-order chi connectivity index (χ0) is 36.7. The van der Waals surface area contributed by atoms with E-state index < -0.39 is 0 Å². The summed E-state index contributed by atoms with van der Waals surface area (Å²) in [5.74, 6) is 0. The molecule has 1 aliphatic carbocycles. The molecule has 0 unspecified atom stereocenters. The molecule has 9 aromatic rings. The number of allylic oxidation sites excluding steroid dienone is 6. The summed E-state index contributed by atoms with van der Waals surface area (Å²) in [5, 5.41) is 8.28. The Morgan fingerprint density at radius 2 is 1.13 bits per heavy atom. The van der Waals surface area contributed by atoms with E-state index in [0.29, 0.717) is 0 Å². The van der Waals surface area contributed by atoms with Crippen LogP contribution in [0.4, 0.5) is 0 Å². The Morgan fingerprint density at radius 3 is 1.95 bits per heavy atom. The van der Waals surface area contributed by atoms with Crippen molar-refractivity contribution in [1.29, 1.82) is 0 Å². The fourth-order valence-electron chi connectivity index (χ4n) is 8.20. The third-order valence-corrected chi connectivity index (χ3v) is 10.9. The van der Waals surface area contributed by atoms with Crippen LogP contribution in [0.25, 0.3) is 88.4 Å². The van der Waals surface area contributed by atoms with Gasteiger partial charge in [0.25, 0.3) is 0 Å². The summed E-state index contributed by atoms with van der Waals surface area (Å²) in [6, 6.07) is 54.8. The smallest absolute Gasteiger partial charge is 0.0794 e. The van der Waals surface area contributed by atoms with E-state index in [1.165, 1.54) is 38.2 Å². The van der Waals surface area contributed by atoms with Crippen molar-refractivity contribution < 1.29 is 0 Å². The first-order valence-corrected chi connectivity index (χ1v) is 18.8. The summed E-state index contributed by atoms with van der Waals surface area (Å²) in [7, 11) is 0. The Labute approximate surface area is 320 Å². The molecule has 0 N–H and O–H groups in total. The summed E-state index contributed by atoms with van der Waals surface area (Å²) in [5.41, 5.74) is 13.3. The van der Waals surface area contributed by atoms with Crippen LogP contribution in [0.3, 0.4) is 0 Å². The standard InChI is InChI=1S/C53H36N2/c1-35-13-3-2-4-14-36-15-5-6-16-40(36)31-47(35)49-33-51-50(48-32-41-17-7-8-18-42(41)43-19-9-10-20-44(43)48)34-52(55-53(51)46-22-12-11-21-45(46)49)39-25-23-37(24-26-39)38-27-29-54-30-28-38/h2-13,15-34H,1,14H2/b4-2-,13-3-,47-31+. The molecule has 10 rings (SSSR count). The van der Waals surface area contributed by atoms with Crippen molar-refractivity contribution in [3.8, 4) is 33.5 Å². The summed E-state index contributed by atoms with van der Waals surface area (Å²) < 4.78 is 0. The monoisotopic (exact) mass is 700 g/mol. The number of nitrogens with zero attached hydrogens (tertiary/aromatic N) is 2. The van der Waals surface area contributed by atoms with Gasteiger partial charge in [0, 0.05) is 28.7 Å². The highest BCUT2D eigenvalue weighted by Gasteiger charge is 2.20. The number of hydrogen-bond donors (Lipinski definition) is 0. The molecule has 2 nitrogen and oxygen atoms in total. The molecule has 0 atom stereocenters. The Hall–Kier alpha value is -7.16. The zero-order valence-electron chi connectivity index (χ0n) is 30.3. The molecule has 0 radical (unpaired) electrons. The highest BCUT2D eigenvalue weighted by Crippen LogP contribution is 2.44. The Kier molecular flexibility index (Phi) is 8.08. The number of benzene rings is 7. The minimum Gasteiger partial charge on any atom is -0.265 e. The van der Waals surface area contributed by atoms with Crippen LogP contribution in [-0.2, 0) is 6.42 Å². The summed E-state index contributed by atoms with van der Waals surface area (Å²) in [6.07, 6.45) is 15.4. The predicted molar refractivity (Wildman–Crippen MR) is 234 cm³/mol. The summed E-state index contributed by atoms with van der Waals surface area (Å²) >= 11 is 0. The van der Waals surface area contributed by atoms with Gasteiger partial charge in [0.15, 0.2) is 0 Å². The molecule has 0 saturated carbocycles. The van der Waals surface area contributed by atoms with Crippen molar-refractivity contribution in [2.75, 3.05) is 0 Å². The van der Waals surface area contributed by atoms with Crippen molar-refractivity contribution in [2.24, 2.45) is 0 Å². The van der Waals surface area contributed by atoms with Gasteiger partial charge in [-0.05, 0) is 120 Å². The molecule has 55 heavy (non-hydrogen) atoms. The van der Waals surface area contributed by atoms with E-state index in [1.807, 2.05) is 24.5 Å². The average molecular weight is 701 g/mol. The Bertz CT molecular complexity index is 3050. The van der Waals surface area contributed by atoms with Crippen LogP contribution in [0, 0.1) is 0 Å². The second-order valence-electron chi connectivity index (χ2n) is 14.2. The maximum Gasteiger partial charge on any atom is 0.0794 e. The fraction of sp³-hybridized carbons (Fsp3) is 0.0189. The normalized spacial score (nSPS) is 15.1. The Morgan fingerprint density at radius 1 is 0.491 bits per heavy atom. The van der Waals surface area contributed by atoms with Gasteiger partial charge < -0.3 is 0 Å². The summed E-state index contributed by atoms with van der Waals surface area (Å²) in [6.45, 7) is 4.64. The van der Waals surface area contributed by atoms with E-state index in [9.17, 15) is 0 Å². The van der Waals surface area contributed by atoms with Gasteiger partial charge in [-0.15, -0.1) is 0 Å². The molecular formula is C53H36N2. The largest absolute Gasteiger partial charge is 0.265 e. The topological polar surface area (TPSA) is 25.8 Å². The molecule has 2 aromatic heterocycles. The average Bonchev–Trinajstić information content (AvgIpc) is 3.25. The van der Waals surface area contributed by atoms with E-state index >= 15 is 0 Å². The van der Waals surface area contributed by atoms with Crippen molar-refractivity contribution in [3.05, 3.63) is 217 Å². The number of fused-ring (bicyclic) bond motifs is 7. The lowest BCUT2D eigenvalue weighted by Gasteiger charge is -2.19. The van der Waals surface area contributed by atoms with E-state index in [1.54, 1.807) is 0 Å². The molecule has 0 bridgehead atoms. The van der Waals surface area contributed by atoms with Crippen LogP contribution in [0.1, 0.15) is 16.7 Å². The first-order valence-electron chi connectivity index (χ1n) is 18.8. The lowest BCUT2D eigenvalue weighted by atomic mass is 9.86. The Balaban J connectivity index is 1.30. The predicted octanol–water partition coefficient (Wildman–Crippen LogP) is 13.9. The minimum atomic E-state index is 0.866. The highest BCUT2D eigenvalue weighted by molar-refractivity contribution is 6.20. The van der Waals surface area contributed by atoms with Gasteiger partial charge in [0.1, 0.15) is 0 Å². The van der Waals surface area contributed by atoms with Gasteiger partial charge in [-0.1, -0.05) is 152 Å². The minimum absolute atomic E-state index is 0.866. The van der Waals surface area contributed by atoms with Gasteiger partial charge in [0.05, 0.1) is 11.2 Å². The molecule has 0 spiro atoms. The van der Waals surface area contributed by atoms with Crippen LogP contribution in [-0.4, -0.2) is 9.97 Å². The van der Waals surface area contributed by atoms with Crippen LogP contribution >= 0.6 is 0 Å². The van der Waals surface area contributed by atoms with Crippen LogP contribution in [0.15, 0.2) is 201 Å². The molecule has 7 aromatic carbocycles. The molecule has 0 aliphatic heterocycles. The van der Waals surface area contributed by atoms with Crippen molar-refractivity contribution in [1.82, 2.24) is 9.97 Å². The third-order valence-electron chi connectivity index (χ3n) is 10.9. The zero-order valence-corrected chi connectivity index (χ0v) is 30.3. The number of pyridine rings is 2. The van der Waals surface area contributed by atoms with E-state index in [-0.39, 0.29) is 0 Å². The van der Waals surface area contributed by atoms with E-state index in [4.69, 9.17) is 4.98 Å². The van der Waals surface area contributed by atoms with Gasteiger partial charge in [-0.2, -0.15) is 0 Å². The molecule has 0 amide bonds. The molecule has 0 fully saturated rings. The second kappa shape index (κ2) is 13.7. The lowest BCUT2D eigenvalue weighted by Crippen LogP contribution is -1.97. The second-order valence-corrected chi connectivity index (χ2v) is 14.2. The summed E-state index contributed by atoms with van der Waals surface area (Å²) in [4.78, 5) is 9.74. The van der Waals surface area contributed by atoms with Gasteiger partial charge in [-0.25, -0.2) is 4.98 Å². The van der Waals surface area contributed by atoms with Crippen molar-refractivity contribution >= 4 is 54.9 Å². The highest BCUT2D eigenvalue weighted by atomic mass is 14.7. The van der Waals surface area contributed by atoms with Gasteiger partial charge >= 0.3 is 0 Å². The van der Waals surface area contributed by atoms with E-state index in [2.05, 4.69) is 181 Å². The molecule has 1 aliphatic rings. The van der Waals surface area contributed by atoms with Gasteiger partial charge in [-0.3, -0.25) is 4.98 Å². The van der Waals surface area contributed by atoms with Crippen LogP contribution < -0.4 is 0 Å². The molecule has 2 heteroatoms. The lowest BCUT2D eigenvalue weighted by molar-refractivity contribution is 1.26. The first-order chi connectivity index (χ1) is 27.2. The first kappa shape index (κ1) is 32.5. The SMILES string of the molecule is C=C1/C=C\C=C/Cc2ccccc2/C=C\1c1cc2c(-c3cc4ccccc4c4ccccc34)cc(-c3ccc(-c4ccncc4)cc3)nc2c2ccccc12. The van der Waals surface area contributed by atoms with Crippen LogP contribution in [0.2, 0.25) is 0 Å². The number of aromatic nitrogens is 2. The van der Waals surface area contributed by atoms with Crippen molar-refractivity contribution in [2.45, 2.75) is 6.42 Å².